The second-order valence-corrected chi connectivity index (χ2v) is 25.8. The van der Waals surface area contributed by atoms with Crippen molar-refractivity contribution in [2.24, 2.45) is 0 Å². The van der Waals surface area contributed by atoms with Gasteiger partial charge in [-0.15, -0.1) is 0 Å². The van der Waals surface area contributed by atoms with Crippen molar-refractivity contribution in [2.45, 2.75) is 81.5 Å². The summed E-state index contributed by atoms with van der Waals surface area (Å²) >= 11 is 0. The lowest BCUT2D eigenvalue weighted by Gasteiger charge is -2.31. The maximum Gasteiger partial charge on any atom is 0.159 e. The van der Waals surface area contributed by atoms with E-state index in [0.717, 1.165) is 67.2 Å². The van der Waals surface area contributed by atoms with E-state index in [1.165, 1.54) is 163 Å². The van der Waals surface area contributed by atoms with Gasteiger partial charge in [0.25, 0.3) is 0 Å². The number of para-hydroxylation sites is 6. The van der Waals surface area contributed by atoms with Gasteiger partial charge in [-0.3, -0.25) is 0 Å². The Balaban J connectivity index is 0.815. The van der Waals surface area contributed by atoms with Crippen LogP contribution in [0.4, 0.5) is 34.1 Å². The Morgan fingerprint density at radius 2 is 0.730 bits per heavy atom. The first kappa shape index (κ1) is 50.9. The lowest BCUT2D eigenvalue weighted by atomic mass is 9.70. The molecule has 0 unspecified atom stereocenters. The first-order valence-corrected chi connectivity index (χ1v) is 32.5. The molecule has 0 N–H and O–H groups in total. The molecule has 2 aromatic heterocycles. The van der Waals surface area contributed by atoms with E-state index in [-0.39, 0.29) is 0 Å². The van der Waals surface area contributed by atoms with E-state index >= 15 is 0 Å². The zero-order valence-corrected chi connectivity index (χ0v) is 49.7. The van der Waals surface area contributed by atoms with E-state index in [0.29, 0.717) is 11.8 Å². The SMILES string of the molecule is c1ccc(N(c2ccc3cc4c(cc3c2)C2(c3cc5cc(N(c6ccccc6)c6cccc7c6oc6c(C8CCCCC8)cccc67)ccc5cc3-4)c3ccccc3-c3c2ccc2ccccc32)c2cccc3c2oc2c(C4CCCCC4)cccc23)cc1. The van der Waals surface area contributed by atoms with Crippen LogP contribution in [0.25, 0.3) is 98.4 Å². The van der Waals surface area contributed by atoms with Crippen LogP contribution in [-0.4, -0.2) is 0 Å². The van der Waals surface area contributed by atoms with Crippen molar-refractivity contribution in [3.63, 3.8) is 0 Å². The smallest absolute Gasteiger partial charge is 0.159 e. The van der Waals surface area contributed by atoms with E-state index in [1.54, 1.807) is 0 Å². The number of furan rings is 2. The lowest BCUT2D eigenvalue weighted by Crippen LogP contribution is -2.26. The van der Waals surface area contributed by atoms with Gasteiger partial charge in [-0.1, -0.05) is 208 Å². The first-order chi connectivity index (χ1) is 44.1. The molecule has 4 nitrogen and oxygen atoms in total. The van der Waals surface area contributed by atoms with Crippen LogP contribution in [0.1, 0.15) is 109 Å². The van der Waals surface area contributed by atoms with Gasteiger partial charge >= 0.3 is 0 Å². The van der Waals surface area contributed by atoms with Gasteiger partial charge in [-0.2, -0.15) is 0 Å². The second-order valence-electron chi connectivity index (χ2n) is 25.8. The third-order valence-electron chi connectivity index (χ3n) is 21.1. The van der Waals surface area contributed by atoms with Crippen LogP contribution in [0.15, 0.2) is 264 Å². The first-order valence-electron chi connectivity index (χ1n) is 32.5. The van der Waals surface area contributed by atoms with Crippen LogP contribution in [0.3, 0.4) is 0 Å². The van der Waals surface area contributed by atoms with Crippen molar-refractivity contribution in [1.82, 2.24) is 0 Å². The predicted octanol–water partition coefficient (Wildman–Crippen LogP) is 24.3. The molecule has 1 spiro atoms. The van der Waals surface area contributed by atoms with Crippen LogP contribution in [0, 0.1) is 0 Å². The highest BCUT2D eigenvalue weighted by Gasteiger charge is 2.52. The third kappa shape index (κ3) is 7.59. The molecule has 0 atom stereocenters. The number of hydrogen-bond acceptors (Lipinski definition) is 4. The molecule has 2 fully saturated rings. The van der Waals surface area contributed by atoms with E-state index in [1.807, 2.05) is 0 Å². The van der Waals surface area contributed by atoms with E-state index in [4.69, 9.17) is 8.83 Å². The predicted molar refractivity (Wildman–Crippen MR) is 371 cm³/mol. The highest BCUT2D eigenvalue weighted by molar-refractivity contribution is 6.14. The molecule has 13 aromatic carbocycles. The van der Waals surface area contributed by atoms with Crippen molar-refractivity contribution in [2.75, 3.05) is 9.80 Å². The number of benzene rings is 13. The fourth-order valence-corrected chi connectivity index (χ4v) is 17.2. The molecule has 89 heavy (non-hydrogen) atoms. The molecule has 2 saturated carbocycles. The minimum atomic E-state index is -0.626. The van der Waals surface area contributed by atoms with Crippen LogP contribution in [0.2, 0.25) is 0 Å². The normalized spacial score (nSPS) is 15.4. The summed E-state index contributed by atoms with van der Waals surface area (Å²) in [5.41, 5.74) is 22.8. The summed E-state index contributed by atoms with van der Waals surface area (Å²) in [5.74, 6) is 1.04. The Bertz CT molecular complexity index is 5100. The minimum Gasteiger partial charge on any atom is -0.454 e. The quantitative estimate of drug-likeness (QED) is 0.152. The Morgan fingerprint density at radius 1 is 0.281 bits per heavy atom. The summed E-state index contributed by atoms with van der Waals surface area (Å²) in [6, 6.07) is 96.1. The number of rotatable bonds is 8. The molecule has 0 bridgehead atoms. The maximum atomic E-state index is 7.24. The summed E-state index contributed by atoms with van der Waals surface area (Å²) in [4.78, 5) is 4.84. The molecule has 4 heteroatoms. The molecule has 0 aliphatic heterocycles. The van der Waals surface area contributed by atoms with Crippen molar-refractivity contribution in [1.29, 1.82) is 0 Å². The molecule has 19 rings (SSSR count). The largest absolute Gasteiger partial charge is 0.454 e. The molecule has 426 valence electrons. The van der Waals surface area contributed by atoms with Gasteiger partial charge in [0.15, 0.2) is 11.2 Å². The number of anilines is 6. The van der Waals surface area contributed by atoms with Crippen LogP contribution >= 0.6 is 0 Å². The zero-order valence-electron chi connectivity index (χ0n) is 49.7. The Morgan fingerprint density at radius 3 is 1.27 bits per heavy atom. The summed E-state index contributed by atoms with van der Waals surface area (Å²) in [7, 11) is 0. The second kappa shape index (κ2) is 19.9. The summed E-state index contributed by atoms with van der Waals surface area (Å²) in [5, 5.41) is 12.0. The number of fused-ring (bicyclic) bond motifs is 20. The van der Waals surface area contributed by atoms with Gasteiger partial charge < -0.3 is 18.6 Å². The fraction of sp³-hybridized carbons (Fsp3) is 0.153. The lowest BCUT2D eigenvalue weighted by molar-refractivity contribution is 0.442. The highest BCUT2D eigenvalue weighted by Crippen LogP contribution is 2.65. The Kier molecular flexibility index (Phi) is 11.4. The average Bonchev–Trinajstić information content (AvgIpc) is 1.50. The van der Waals surface area contributed by atoms with Crippen molar-refractivity contribution in [3.8, 4) is 22.3 Å². The van der Waals surface area contributed by atoms with Gasteiger partial charge in [-0.25, -0.2) is 0 Å². The Labute approximate surface area is 517 Å². The summed E-state index contributed by atoms with van der Waals surface area (Å²) in [6.07, 6.45) is 12.6. The zero-order chi connectivity index (χ0) is 58.3. The molecule has 4 aliphatic rings. The maximum absolute atomic E-state index is 7.24. The molecule has 0 radical (unpaired) electrons. The molecule has 15 aromatic rings. The van der Waals surface area contributed by atoms with Gasteiger partial charge in [0.2, 0.25) is 0 Å². The number of nitrogens with zero attached hydrogens (tertiary/aromatic N) is 2. The van der Waals surface area contributed by atoms with Crippen LogP contribution in [-0.2, 0) is 5.41 Å². The monoisotopic (exact) mass is 1140 g/mol. The molecule has 0 amide bonds. The standard InChI is InChI=1S/C85H64N2O2/c1-5-21-53(22-6-1)65-32-17-34-67-69-36-19-39-78(83(69)88-81(65)67)86(60-26-9-3-10-27-60)62-44-41-56-49-72-73-50-57-42-45-63(87(61-28-11-4-12-29-61)79-40-20-37-70-68-35-18-33-66(82(68)89-84(70)79)54-23-7-2-8-24-54)48-59(57)52-77(73)85(76(72)51-58(56)47-62)74-38-16-15-31-71(74)80-64-30-14-13-25-55(64)43-46-75(80)85/h3-4,9-20,25-54H,1-2,5-8,21-24H2. The molecule has 2 heterocycles. The van der Waals surface area contributed by atoms with Crippen LogP contribution < -0.4 is 9.80 Å². The van der Waals surface area contributed by atoms with Gasteiger partial charge in [-0.05, 0) is 210 Å². The summed E-state index contributed by atoms with van der Waals surface area (Å²) < 4.78 is 14.5. The Hall–Kier alpha value is -10.2. The molecular formula is C85H64N2O2. The minimum absolute atomic E-state index is 0.520. The third-order valence-corrected chi connectivity index (χ3v) is 21.1. The van der Waals surface area contributed by atoms with E-state index in [9.17, 15) is 0 Å². The molecular weight excluding hydrogens is 1080 g/mol. The van der Waals surface area contributed by atoms with Crippen molar-refractivity contribution in [3.05, 3.63) is 288 Å². The molecule has 4 aliphatic carbocycles. The topological polar surface area (TPSA) is 32.8 Å². The van der Waals surface area contributed by atoms with Gasteiger partial charge in [0, 0.05) is 44.3 Å². The van der Waals surface area contributed by atoms with Crippen molar-refractivity contribution >= 4 is 110 Å². The highest BCUT2D eigenvalue weighted by atomic mass is 16.3. The van der Waals surface area contributed by atoms with Gasteiger partial charge in [0.05, 0.1) is 16.8 Å². The van der Waals surface area contributed by atoms with Crippen LogP contribution in [0.5, 0.6) is 0 Å². The van der Waals surface area contributed by atoms with Crippen molar-refractivity contribution < 1.29 is 8.83 Å². The fourth-order valence-electron chi connectivity index (χ4n) is 17.2. The average molecular weight is 1150 g/mol. The number of hydrogen-bond donors (Lipinski definition) is 0. The molecule has 0 saturated heterocycles. The van der Waals surface area contributed by atoms with E-state index < -0.39 is 5.41 Å². The summed E-state index contributed by atoms with van der Waals surface area (Å²) in [6.45, 7) is 0. The van der Waals surface area contributed by atoms with E-state index in [2.05, 4.69) is 265 Å². The van der Waals surface area contributed by atoms with Gasteiger partial charge in [0.1, 0.15) is 11.2 Å².